The molecular formula is C29H27N3O7S. The predicted octanol–water partition coefficient (Wildman–Crippen LogP) is 4.73. The molecule has 1 aliphatic rings. The minimum Gasteiger partial charge on any atom is -0.497 e. The van der Waals surface area contributed by atoms with E-state index >= 15 is 0 Å². The fraction of sp³-hybridized carbons (Fsp3) is 0.207. The van der Waals surface area contributed by atoms with Crippen LogP contribution in [0, 0.1) is 0 Å². The summed E-state index contributed by atoms with van der Waals surface area (Å²) in [7, 11) is 1.57. The van der Waals surface area contributed by atoms with Gasteiger partial charge in [-0.2, -0.15) is 0 Å². The van der Waals surface area contributed by atoms with Gasteiger partial charge in [0.1, 0.15) is 11.0 Å². The lowest BCUT2D eigenvalue weighted by Gasteiger charge is -2.17. The lowest BCUT2D eigenvalue weighted by Crippen LogP contribution is -2.33. The molecule has 0 aromatic heterocycles. The maximum absolute atomic E-state index is 13.4. The van der Waals surface area contributed by atoms with Crippen molar-refractivity contribution >= 4 is 52.1 Å². The van der Waals surface area contributed by atoms with Crippen LogP contribution in [0.15, 0.2) is 77.8 Å². The van der Waals surface area contributed by atoms with E-state index in [-0.39, 0.29) is 31.0 Å². The number of nitrogens with zero attached hydrogens (tertiary/aromatic N) is 2. The first kappa shape index (κ1) is 28.4. The number of carboxylic acid groups (broad SMARTS) is 1. The Balaban J connectivity index is 1.53. The Morgan fingerprint density at radius 3 is 2.23 bits per heavy atom. The Labute approximate surface area is 235 Å². The molecule has 11 heteroatoms. The van der Waals surface area contributed by atoms with Gasteiger partial charge < -0.3 is 19.9 Å². The number of aromatic carboxylic acids is 1. The van der Waals surface area contributed by atoms with E-state index in [1.807, 2.05) is 12.1 Å². The van der Waals surface area contributed by atoms with Crippen LogP contribution in [0.4, 0.5) is 11.4 Å². The molecule has 1 heterocycles. The maximum Gasteiger partial charge on any atom is 0.338 e. The van der Waals surface area contributed by atoms with Crippen LogP contribution in [0.1, 0.15) is 39.6 Å². The molecule has 2 amide bonds. The number of thioether (sulfide) groups is 1. The predicted molar refractivity (Wildman–Crippen MR) is 151 cm³/mol. The van der Waals surface area contributed by atoms with Crippen molar-refractivity contribution in [1.29, 1.82) is 0 Å². The lowest BCUT2D eigenvalue weighted by molar-refractivity contribution is -0.128. The van der Waals surface area contributed by atoms with Gasteiger partial charge in [0.2, 0.25) is 11.8 Å². The molecular weight excluding hydrogens is 534 g/mol. The lowest BCUT2D eigenvalue weighted by atomic mass is 10.2. The highest BCUT2D eigenvalue weighted by Crippen LogP contribution is 2.33. The summed E-state index contributed by atoms with van der Waals surface area (Å²) in [5.41, 5.74) is 2.30. The zero-order chi connectivity index (χ0) is 28.6. The summed E-state index contributed by atoms with van der Waals surface area (Å²) in [6, 6.07) is 19.6. The average Bonchev–Trinajstić information content (AvgIpc) is 3.22. The molecule has 206 valence electrons. The van der Waals surface area contributed by atoms with E-state index in [0.29, 0.717) is 27.9 Å². The molecule has 3 aromatic carbocycles. The topological polar surface area (TPSA) is 135 Å². The van der Waals surface area contributed by atoms with Crippen molar-refractivity contribution in [1.82, 2.24) is 4.90 Å². The van der Waals surface area contributed by atoms with Crippen molar-refractivity contribution in [2.24, 2.45) is 4.99 Å². The third-order valence-corrected chi connectivity index (χ3v) is 7.08. The average molecular weight is 562 g/mol. The second-order valence-corrected chi connectivity index (χ2v) is 9.85. The Hall–Kier alpha value is -4.64. The minimum atomic E-state index is -1.06. The van der Waals surface area contributed by atoms with Gasteiger partial charge in [-0.3, -0.25) is 14.5 Å². The summed E-state index contributed by atoms with van der Waals surface area (Å²) < 4.78 is 10.2. The maximum atomic E-state index is 13.4. The number of nitrogens with one attached hydrogen (secondary N) is 1. The summed E-state index contributed by atoms with van der Waals surface area (Å²) in [6.45, 7) is 2.24. The Morgan fingerprint density at radius 1 is 0.975 bits per heavy atom. The fourth-order valence-corrected chi connectivity index (χ4v) is 5.01. The van der Waals surface area contributed by atoms with E-state index in [4.69, 9.17) is 14.6 Å². The number of amidine groups is 1. The third-order valence-electron chi connectivity index (χ3n) is 5.91. The highest BCUT2D eigenvalue weighted by atomic mass is 32.2. The van der Waals surface area contributed by atoms with Crippen LogP contribution >= 0.6 is 11.8 Å². The monoisotopic (exact) mass is 561 g/mol. The summed E-state index contributed by atoms with van der Waals surface area (Å²) in [5.74, 6) is -1.47. The standard InChI is InChI=1S/C29H27N3O7S/c1-3-39-28(37)20-8-12-22(13-9-20)31-29-32(17-18-4-14-23(38-2)15-5-18)26(34)24(40-29)16-25(33)30-21-10-6-19(7-11-21)27(35)36/h4-15,24H,3,16-17H2,1-2H3,(H,30,33)(H,35,36). The molecule has 1 saturated heterocycles. The molecule has 1 fully saturated rings. The molecule has 10 nitrogen and oxygen atoms in total. The molecule has 0 radical (unpaired) electrons. The van der Waals surface area contributed by atoms with Crippen LogP contribution in [0.5, 0.6) is 5.75 Å². The number of carbonyl (C=O) groups is 4. The minimum absolute atomic E-state index is 0.102. The highest BCUT2D eigenvalue weighted by Gasteiger charge is 2.39. The number of hydrogen-bond acceptors (Lipinski definition) is 8. The second kappa shape index (κ2) is 12.9. The van der Waals surface area contributed by atoms with Gasteiger partial charge in [-0.15, -0.1) is 0 Å². The van der Waals surface area contributed by atoms with Gasteiger partial charge in [-0.05, 0) is 73.2 Å². The number of carboxylic acids is 1. The van der Waals surface area contributed by atoms with Crippen molar-refractivity contribution in [3.05, 3.63) is 89.5 Å². The van der Waals surface area contributed by atoms with Crippen molar-refractivity contribution in [2.75, 3.05) is 19.0 Å². The zero-order valence-corrected chi connectivity index (χ0v) is 22.6. The van der Waals surface area contributed by atoms with Gasteiger partial charge in [0.25, 0.3) is 0 Å². The number of benzene rings is 3. The first-order chi connectivity index (χ1) is 19.3. The largest absolute Gasteiger partial charge is 0.497 e. The molecule has 0 aliphatic carbocycles. The quantitative estimate of drug-likeness (QED) is 0.339. The molecule has 3 aromatic rings. The van der Waals surface area contributed by atoms with Gasteiger partial charge in [0, 0.05) is 12.1 Å². The highest BCUT2D eigenvalue weighted by molar-refractivity contribution is 8.15. The van der Waals surface area contributed by atoms with Gasteiger partial charge in [0.05, 0.1) is 37.1 Å². The smallest absolute Gasteiger partial charge is 0.338 e. The van der Waals surface area contributed by atoms with Gasteiger partial charge in [-0.25, -0.2) is 14.6 Å². The number of amides is 2. The van der Waals surface area contributed by atoms with E-state index < -0.39 is 23.1 Å². The van der Waals surface area contributed by atoms with E-state index in [0.717, 1.165) is 5.56 Å². The van der Waals surface area contributed by atoms with E-state index in [1.165, 1.54) is 40.9 Å². The first-order valence-corrected chi connectivity index (χ1v) is 13.3. The number of ether oxygens (including phenoxy) is 2. The van der Waals surface area contributed by atoms with E-state index in [9.17, 15) is 19.2 Å². The molecule has 0 saturated carbocycles. The molecule has 4 rings (SSSR count). The number of carbonyl (C=O) groups excluding carboxylic acids is 3. The number of hydrogen-bond donors (Lipinski definition) is 2. The molecule has 0 spiro atoms. The Bertz CT molecular complexity index is 1420. The number of esters is 1. The van der Waals surface area contributed by atoms with Crippen LogP contribution in [-0.2, 0) is 20.9 Å². The van der Waals surface area contributed by atoms with Crippen LogP contribution in [0.3, 0.4) is 0 Å². The summed E-state index contributed by atoms with van der Waals surface area (Å²) in [5, 5.41) is 11.5. The summed E-state index contributed by atoms with van der Waals surface area (Å²) >= 11 is 1.18. The molecule has 2 N–H and O–H groups in total. The number of anilines is 1. The first-order valence-electron chi connectivity index (χ1n) is 12.4. The second-order valence-electron chi connectivity index (χ2n) is 8.68. The normalized spacial score (nSPS) is 15.7. The van der Waals surface area contributed by atoms with Gasteiger partial charge in [-0.1, -0.05) is 23.9 Å². The Kier molecular flexibility index (Phi) is 9.18. The van der Waals surface area contributed by atoms with Crippen LogP contribution < -0.4 is 10.1 Å². The number of aliphatic imine (C=N–C) groups is 1. The van der Waals surface area contributed by atoms with Gasteiger partial charge in [0.15, 0.2) is 5.17 Å². The van der Waals surface area contributed by atoms with E-state index in [1.54, 1.807) is 50.4 Å². The number of methoxy groups -OCH3 is 1. The molecule has 40 heavy (non-hydrogen) atoms. The third kappa shape index (κ3) is 7.06. The Morgan fingerprint density at radius 2 is 1.62 bits per heavy atom. The zero-order valence-electron chi connectivity index (χ0n) is 21.8. The van der Waals surface area contributed by atoms with Crippen molar-refractivity contribution in [3.8, 4) is 5.75 Å². The van der Waals surface area contributed by atoms with Crippen molar-refractivity contribution < 1.29 is 33.8 Å². The molecule has 1 aliphatic heterocycles. The fourth-order valence-electron chi connectivity index (χ4n) is 3.86. The van der Waals surface area contributed by atoms with Crippen molar-refractivity contribution in [2.45, 2.75) is 25.1 Å². The van der Waals surface area contributed by atoms with Crippen LogP contribution in [0.25, 0.3) is 0 Å². The molecule has 1 atom stereocenters. The van der Waals surface area contributed by atoms with Crippen molar-refractivity contribution in [3.63, 3.8) is 0 Å². The van der Waals surface area contributed by atoms with Gasteiger partial charge >= 0.3 is 11.9 Å². The summed E-state index contributed by atoms with van der Waals surface area (Å²) in [4.78, 5) is 55.5. The SMILES string of the molecule is CCOC(=O)c1ccc(N=C2SC(CC(=O)Nc3ccc(C(=O)O)cc3)C(=O)N2Cc2ccc(OC)cc2)cc1. The summed E-state index contributed by atoms with van der Waals surface area (Å²) in [6.07, 6.45) is -0.107. The number of rotatable bonds is 10. The van der Waals surface area contributed by atoms with Crippen LogP contribution in [-0.4, -0.2) is 57.9 Å². The molecule has 1 unspecified atom stereocenters. The van der Waals surface area contributed by atoms with E-state index in [2.05, 4.69) is 10.3 Å². The molecule has 0 bridgehead atoms. The van der Waals surface area contributed by atoms with Crippen LogP contribution in [0.2, 0.25) is 0 Å².